The number of nitrogens with one attached hydrogen (secondary N) is 3. The SMILES string of the molecule is CC(C)C(=O)Nc1ccc(C(=O)NN2CCC(=O)N3CCCC(C(=O)NC(C=O)CC(=O)O)N3C2=O)cc1. The van der Waals surface area contributed by atoms with Gasteiger partial charge in [0.25, 0.3) is 5.91 Å². The van der Waals surface area contributed by atoms with Crippen LogP contribution in [0.5, 0.6) is 0 Å². The van der Waals surface area contributed by atoms with Gasteiger partial charge in [-0.2, -0.15) is 0 Å². The van der Waals surface area contributed by atoms with Crippen LogP contribution in [0.25, 0.3) is 0 Å². The van der Waals surface area contributed by atoms with Gasteiger partial charge in [0.05, 0.1) is 19.0 Å². The minimum absolute atomic E-state index is 0.118. The average Bonchev–Trinajstić information content (AvgIpc) is 3.00. The van der Waals surface area contributed by atoms with Crippen molar-refractivity contribution >= 4 is 47.6 Å². The number of aldehydes is 1. The van der Waals surface area contributed by atoms with Gasteiger partial charge < -0.3 is 20.5 Å². The predicted octanol–water partition coefficient (Wildman–Crippen LogP) is 0.118. The zero-order valence-electron chi connectivity index (χ0n) is 21.0. The molecule has 38 heavy (non-hydrogen) atoms. The Morgan fingerprint density at radius 3 is 2.39 bits per heavy atom. The van der Waals surface area contributed by atoms with Gasteiger partial charge in [0, 0.05) is 30.1 Å². The first-order chi connectivity index (χ1) is 18.0. The average molecular weight is 531 g/mol. The van der Waals surface area contributed by atoms with Gasteiger partial charge in [-0.25, -0.2) is 19.8 Å². The Morgan fingerprint density at radius 2 is 1.79 bits per heavy atom. The van der Waals surface area contributed by atoms with E-state index in [-0.39, 0.29) is 49.6 Å². The summed E-state index contributed by atoms with van der Waals surface area (Å²) in [4.78, 5) is 86.0. The molecule has 2 fully saturated rings. The van der Waals surface area contributed by atoms with Crippen LogP contribution < -0.4 is 16.1 Å². The maximum Gasteiger partial charge on any atom is 0.358 e. The first-order valence-corrected chi connectivity index (χ1v) is 12.1. The molecule has 3 rings (SSSR count). The van der Waals surface area contributed by atoms with Crippen molar-refractivity contribution in [1.82, 2.24) is 25.8 Å². The first-order valence-electron chi connectivity index (χ1n) is 12.1. The van der Waals surface area contributed by atoms with Gasteiger partial charge in [-0.15, -0.1) is 0 Å². The van der Waals surface area contributed by atoms with Gasteiger partial charge in [0.1, 0.15) is 12.3 Å². The number of carboxylic acid groups (broad SMARTS) is 1. The molecule has 2 aliphatic heterocycles. The fourth-order valence-electron chi connectivity index (χ4n) is 3.99. The molecule has 0 aliphatic carbocycles. The normalized spacial score (nSPS) is 18.3. The molecule has 2 heterocycles. The Balaban J connectivity index is 1.75. The summed E-state index contributed by atoms with van der Waals surface area (Å²) < 4.78 is 0. The molecular formula is C24H30N6O8. The summed E-state index contributed by atoms with van der Waals surface area (Å²) >= 11 is 0. The van der Waals surface area contributed by atoms with Crippen LogP contribution in [0.4, 0.5) is 10.5 Å². The molecule has 1 aromatic carbocycles. The fraction of sp³-hybridized carbons (Fsp3) is 0.458. The van der Waals surface area contributed by atoms with E-state index in [1.165, 1.54) is 24.3 Å². The summed E-state index contributed by atoms with van der Waals surface area (Å²) in [5.74, 6) is -3.58. The molecule has 0 saturated carbocycles. The molecule has 2 saturated heterocycles. The number of carbonyl (C=O) groups is 7. The van der Waals surface area contributed by atoms with Gasteiger partial charge in [-0.1, -0.05) is 13.8 Å². The molecule has 14 nitrogen and oxygen atoms in total. The molecule has 0 bridgehead atoms. The van der Waals surface area contributed by atoms with E-state index < -0.39 is 48.2 Å². The number of hydrogen-bond acceptors (Lipinski definition) is 7. The molecule has 2 unspecified atom stereocenters. The molecule has 0 radical (unpaired) electrons. The number of urea groups is 1. The Bertz CT molecular complexity index is 1120. The van der Waals surface area contributed by atoms with Gasteiger partial charge >= 0.3 is 12.0 Å². The molecule has 6 amide bonds. The lowest BCUT2D eigenvalue weighted by Crippen LogP contribution is -2.64. The Kier molecular flexibility index (Phi) is 8.99. The maximum absolute atomic E-state index is 13.4. The van der Waals surface area contributed by atoms with Crippen LogP contribution in [0.1, 0.15) is 49.9 Å². The smallest absolute Gasteiger partial charge is 0.358 e. The third-order valence-electron chi connectivity index (χ3n) is 6.03. The third-order valence-corrected chi connectivity index (χ3v) is 6.03. The molecule has 14 heteroatoms. The van der Waals surface area contributed by atoms with Crippen LogP contribution in [0.15, 0.2) is 24.3 Å². The topological polar surface area (TPSA) is 186 Å². The summed E-state index contributed by atoms with van der Waals surface area (Å²) in [5.41, 5.74) is 3.14. The fourth-order valence-corrected chi connectivity index (χ4v) is 3.99. The van der Waals surface area contributed by atoms with Gasteiger partial charge in [-0.3, -0.25) is 29.4 Å². The van der Waals surface area contributed by atoms with Crippen LogP contribution in [0.2, 0.25) is 0 Å². The highest BCUT2D eigenvalue weighted by molar-refractivity contribution is 5.98. The van der Waals surface area contributed by atoms with Gasteiger partial charge in [0.15, 0.2) is 0 Å². The molecule has 0 aromatic heterocycles. The number of hydrogen-bond donors (Lipinski definition) is 4. The number of amides is 6. The lowest BCUT2D eigenvalue weighted by molar-refractivity contribution is -0.155. The number of hydrazine groups is 2. The van der Waals surface area contributed by atoms with E-state index in [0.717, 1.165) is 15.0 Å². The monoisotopic (exact) mass is 530 g/mol. The number of anilines is 1. The van der Waals surface area contributed by atoms with Gasteiger partial charge in [0.2, 0.25) is 17.7 Å². The highest BCUT2D eigenvalue weighted by Gasteiger charge is 2.44. The van der Waals surface area contributed by atoms with Crippen molar-refractivity contribution in [2.24, 2.45) is 5.92 Å². The molecule has 0 spiro atoms. The maximum atomic E-state index is 13.4. The second-order valence-electron chi connectivity index (χ2n) is 9.21. The number of carboxylic acids is 1. The predicted molar refractivity (Wildman–Crippen MR) is 131 cm³/mol. The number of carbonyl (C=O) groups excluding carboxylic acids is 6. The molecule has 1 aromatic rings. The third kappa shape index (κ3) is 6.63. The number of fused-ring (bicyclic) bond motifs is 1. The van der Waals surface area contributed by atoms with E-state index in [4.69, 9.17) is 5.11 Å². The molecule has 4 N–H and O–H groups in total. The van der Waals surface area contributed by atoms with Crippen LogP contribution >= 0.6 is 0 Å². The summed E-state index contributed by atoms with van der Waals surface area (Å²) in [6.07, 6.45) is 0.0808. The molecule has 2 aliphatic rings. The lowest BCUT2D eigenvalue weighted by atomic mass is 10.1. The van der Waals surface area contributed by atoms with Crippen molar-refractivity contribution in [3.8, 4) is 0 Å². The highest BCUT2D eigenvalue weighted by atomic mass is 16.4. The minimum atomic E-state index is -1.31. The van der Waals surface area contributed by atoms with Crippen molar-refractivity contribution in [2.75, 3.05) is 18.4 Å². The quantitative estimate of drug-likeness (QED) is 0.324. The highest BCUT2D eigenvalue weighted by Crippen LogP contribution is 2.24. The zero-order chi connectivity index (χ0) is 28.0. The molecule has 2 atom stereocenters. The second-order valence-corrected chi connectivity index (χ2v) is 9.21. The first kappa shape index (κ1) is 28.1. The second kappa shape index (κ2) is 12.2. The minimum Gasteiger partial charge on any atom is -0.481 e. The van der Waals surface area contributed by atoms with Crippen LogP contribution in [-0.4, -0.2) is 87.2 Å². The Labute approximate surface area is 218 Å². The summed E-state index contributed by atoms with van der Waals surface area (Å²) in [6, 6.07) is 2.67. The van der Waals surface area contributed by atoms with E-state index in [1.807, 2.05) is 0 Å². The van der Waals surface area contributed by atoms with E-state index >= 15 is 0 Å². The van der Waals surface area contributed by atoms with Crippen molar-refractivity contribution in [1.29, 1.82) is 0 Å². The number of rotatable bonds is 9. The molecular weight excluding hydrogens is 500 g/mol. The Morgan fingerprint density at radius 1 is 1.11 bits per heavy atom. The van der Waals surface area contributed by atoms with Crippen LogP contribution in [0.3, 0.4) is 0 Å². The van der Waals surface area contributed by atoms with Crippen molar-refractivity contribution in [3.63, 3.8) is 0 Å². The zero-order valence-corrected chi connectivity index (χ0v) is 21.0. The van der Waals surface area contributed by atoms with Crippen molar-refractivity contribution in [3.05, 3.63) is 29.8 Å². The summed E-state index contributed by atoms with van der Waals surface area (Å²) in [5, 5.41) is 17.0. The van der Waals surface area contributed by atoms with Crippen LogP contribution in [-0.2, 0) is 24.0 Å². The van der Waals surface area contributed by atoms with E-state index in [2.05, 4.69) is 16.1 Å². The largest absolute Gasteiger partial charge is 0.481 e. The summed E-state index contributed by atoms with van der Waals surface area (Å²) in [6.45, 7) is 3.51. The van der Waals surface area contributed by atoms with Gasteiger partial charge in [-0.05, 0) is 37.1 Å². The number of aliphatic carboxylic acids is 1. The Hall–Kier alpha value is -4.49. The number of nitrogens with zero attached hydrogens (tertiary/aromatic N) is 3. The summed E-state index contributed by atoms with van der Waals surface area (Å²) in [7, 11) is 0. The standard InChI is InChI=1S/C24H30N6O8/c1-14(2)21(35)25-16-7-5-15(6-8-16)22(36)27-28-11-9-19(32)29-10-3-4-18(30(29)24(28)38)23(37)26-17(13-31)12-20(33)34/h5-8,13-14,17-18H,3-4,9-12H2,1-2H3,(H,25,35)(H,26,37)(H,27,36)(H,33,34). The van der Waals surface area contributed by atoms with Crippen molar-refractivity contribution in [2.45, 2.75) is 51.6 Å². The van der Waals surface area contributed by atoms with Crippen LogP contribution in [0, 0.1) is 5.92 Å². The molecule has 204 valence electrons. The lowest BCUT2D eigenvalue weighted by Gasteiger charge is -2.42. The van der Waals surface area contributed by atoms with E-state index in [0.29, 0.717) is 12.1 Å². The van der Waals surface area contributed by atoms with E-state index in [1.54, 1.807) is 13.8 Å². The van der Waals surface area contributed by atoms with Crippen molar-refractivity contribution < 1.29 is 38.7 Å². The number of benzene rings is 1. The van der Waals surface area contributed by atoms with E-state index in [9.17, 15) is 33.6 Å².